The molecule has 2 aromatic rings. The molecule has 0 saturated carbocycles. The molecule has 0 amide bonds. The number of rotatable bonds is 8. The minimum Gasteiger partial charge on any atom is -0.384 e. The fourth-order valence-corrected chi connectivity index (χ4v) is 4.33. The van der Waals surface area contributed by atoms with E-state index in [0.29, 0.717) is 0 Å². The van der Waals surface area contributed by atoms with Gasteiger partial charge in [-0.15, -0.1) is 0 Å². The summed E-state index contributed by atoms with van der Waals surface area (Å²) in [5, 5.41) is 12.8. The molecule has 1 saturated heterocycles. The number of hydrogen-bond acceptors (Lipinski definition) is 3. The molecule has 0 radical (unpaired) electrons. The Hall–Kier alpha value is -1.39. The fourth-order valence-electron chi connectivity index (χ4n) is 4.20. The molecule has 0 spiro atoms. The summed E-state index contributed by atoms with van der Waals surface area (Å²) in [6, 6.07) is 16.5. The Morgan fingerprint density at radius 2 is 1.68 bits per heavy atom. The van der Waals surface area contributed by atoms with Crippen molar-refractivity contribution in [3.8, 4) is 0 Å². The van der Waals surface area contributed by atoms with Gasteiger partial charge in [-0.1, -0.05) is 68.3 Å². The zero-order chi connectivity index (χ0) is 20.0. The predicted molar refractivity (Wildman–Crippen MR) is 116 cm³/mol. The van der Waals surface area contributed by atoms with Gasteiger partial charge in [0, 0.05) is 30.6 Å². The van der Waals surface area contributed by atoms with Crippen LogP contribution in [-0.2, 0) is 16.8 Å². The van der Waals surface area contributed by atoms with E-state index in [2.05, 4.69) is 55.1 Å². The summed E-state index contributed by atoms with van der Waals surface area (Å²) < 4.78 is 5.52. The highest BCUT2D eigenvalue weighted by Gasteiger charge is 2.39. The molecule has 1 N–H and O–H groups in total. The third-order valence-electron chi connectivity index (χ3n) is 5.89. The van der Waals surface area contributed by atoms with Gasteiger partial charge in [-0.25, -0.2) is 0 Å². The van der Waals surface area contributed by atoms with Crippen molar-refractivity contribution in [2.75, 3.05) is 32.8 Å². The predicted octanol–water partition coefficient (Wildman–Crippen LogP) is 5.01. The van der Waals surface area contributed by atoms with Gasteiger partial charge in [-0.05, 0) is 41.7 Å². The molecule has 1 aliphatic heterocycles. The molecule has 2 aromatic carbocycles. The Labute approximate surface area is 174 Å². The molecular formula is C24H32ClNO2. The second-order valence-corrected chi connectivity index (χ2v) is 8.18. The zero-order valence-corrected chi connectivity index (χ0v) is 17.8. The average molecular weight is 402 g/mol. The first kappa shape index (κ1) is 21.3. The van der Waals surface area contributed by atoms with Crippen LogP contribution in [0.15, 0.2) is 48.5 Å². The highest BCUT2D eigenvalue weighted by molar-refractivity contribution is 6.30. The molecule has 0 aromatic heterocycles. The third-order valence-corrected chi connectivity index (χ3v) is 6.14. The number of nitrogens with zero attached hydrogens (tertiary/aromatic N) is 1. The minimum absolute atomic E-state index is 0.0321. The first-order valence-corrected chi connectivity index (χ1v) is 10.8. The van der Waals surface area contributed by atoms with Crippen molar-refractivity contribution >= 4 is 11.6 Å². The topological polar surface area (TPSA) is 32.7 Å². The smallest absolute Gasteiger partial charge is 0.0976 e. The number of morpholine rings is 1. The second-order valence-electron chi connectivity index (χ2n) is 7.74. The van der Waals surface area contributed by atoms with Crippen LogP contribution in [0.4, 0.5) is 0 Å². The van der Waals surface area contributed by atoms with Crippen LogP contribution in [0.1, 0.15) is 49.3 Å². The molecule has 3 nitrogen and oxygen atoms in total. The highest BCUT2D eigenvalue weighted by atomic mass is 35.5. The average Bonchev–Trinajstić information content (AvgIpc) is 2.74. The normalized spacial score (nSPS) is 18.6. The number of aliphatic hydroxyl groups is 1. The Morgan fingerprint density at radius 1 is 1.04 bits per heavy atom. The van der Waals surface area contributed by atoms with Gasteiger partial charge in [0.15, 0.2) is 0 Å². The van der Waals surface area contributed by atoms with Gasteiger partial charge >= 0.3 is 0 Å². The summed E-state index contributed by atoms with van der Waals surface area (Å²) in [6.45, 7) is 8.41. The number of ether oxygens (including phenoxy) is 1. The number of benzene rings is 2. The van der Waals surface area contributed by atoms with Crippen LogP contribution in [0.3, 0.4) is 0 Å². The van der Waals surface area contributed by atoms with Crippen molar-refractivity contribution in [3.05, 3.63) is 70.2 Å². The molecule has 1 fully saturated rings. The van der Waals surface area contributed by atoms with E-state index in [9.17, 15) is 5.11 Å². The number of halogens is 1. The lowest BCUT2D eigenvalue weighted by Crippen LogP contribution is -2.45. The van der Waals surface area contributed by atoms with Gasteiger partial charge in [0.2, 0.25) is 0 Å². The molecule has 2 atom stereocenters. The lowest BCUT2D eigenvalue weighted by Gasteiger charge is -2.41. The van der Waals surface area contributed by atoms with Crippen LogP contribution in [0.25, 0.3) is 0 Å². The van der Waals surface area contributed by atoms with Gasteiger partial charge < -0.3 is 9.84 Å². The van der Waals surface area contributed by atoms with Gasteiger partial charge in [0.25, 0.3) is 0 Å². The lowest BCUT2D eigenvalue weighted by atomic mass is 9.74. The number of hydrogen-bond donors (Lipinski definition) is 1. The monoisotopic (exact) mass is 401 g/mol. The molecule has 0 bridgehead atoms. The SMILES string of the molecule is CCC[C@](O)(c1ccc(CC)cc1)[C@H](CN1CCOCC1)c1ccc(Cl)cc1. The van der Waals surface area contributed by atoms with E-state index in [1.54, 1.807) is 0 Å². The van der Waals surface area contributed by atoms with Crippen LogP contribution in [0.2, 0.25) is 5.02 Å². The minimum atomic E-state index is -0.923. The van der Waals surface area contributed by atoms with Crippen LogP contribution >= 0.6 is 11.6 Å². The first-order valence-electron chi connectivity index (χ1n) is 10.4. The molecule has 152 valence electrons. The van der Waals surface area contributed by atoms with E-state index >= 15 is 0 Å². The van der Waals surface area contributed by atoms with E-state index in [0.717, 1.165) is 68.3 Å². The van der Waals surface area contributed by atoms with E-state index in [1.165, 1.54) is 5.56 Å². The third kappa shape index (κ3) is 4.96. The zero-order valence-electron chi connectivity index (χ0n) is 17.0. The van der Waals surface area contributed by atoms with Crippen LogP contribution in [0.5, 0.6) is 0 Å². The number of aryl methyl sites for hydroxylation is 1. The fraction of sp³-hybridized carbons (Fsp3) is 0.500. The van der Waals surface area contributed by atoms with Crippen molar-refractivity contribution in [3.63, 3.8) is 0 Å². The van der Waals surface area contributed by atoms with Crippen LogP contribution in [0, 0.1) is 0 Å². The molecule has 28 heavy (non-hydrogen) atoms. The van der Waals surface area contributed by atoms with Gasteiger partial charge in [-0.2, -0.15) is 0 Å². The molecule has 1 heterocycles. The first-order chi connectivity index (χ1) is 13.6. The van der Waals surface area contributed by atoms with Crippen molar-refractivity contribution in [1.29, 1.82) is 0 Å². The van der Waals surface area contributed by atoms with Crippen molar-refractivity contribution in [1.82, 2.24) is 4.90 Å². The Kier molecular flexibility index (Phi) is 7.53. The molecule has 0 aliphatic carbocycles. The Morgan fingerprint density at radius 3 is 2.25 bits per heavy atom. The molecule has 4 heteroatoms. The summed E-state index contributed by atoms with van der Waals surface area (Å²) in [7, 11) is 0. The maximum atomic E-state index is 12.1. The maximum Gasteiger partial charge on any atom is 0.0976 e. The summed E-state index contributed by atoms with van der Waals surface area (Å²) in [5.74, 6) is -0.0321. The van der Waals surface area contributed by atoms with E-state index in [-0.39, 0.29) is 5.92 Å². The van der Waals surface area contributed by atoms with E-state index in [1.807, 2.05) is 12.1 Å². The summed E-state index contributed by atoms with van der Waals surface area (Å²) in [6.07, 6.45) is 2.64. The van der Waals surface area contributed by atoms with Crippen LogP contribution in [-0.4, -0.2) is 42.9 Å². The molecular weight excluding hydrogens is 370 g/mol. The van der Waals surface area contributed by atoms with E-state index < -0.39 is 5.60 Å². The van der Waals surface area contributed by atoms with Crippen LogP contribution < -0.4 is 0 Å². The summed E-state index contributed by atoms with van der Waals surface area (Å²) >= 11 is 6.14. The second kappa shape index (κ2) is 9.89. The molecule has 1 aliphatic rings. The van der Waals surface area contributed by atoms with E-state index in [4.69, 9.17) is 16.3 Å². The highest BCUT2D eigenvalue weighted by Crippen LogP contribution is 2.42. The molecule has 3 rings (SSSR count). The largest absolute Gasteiger partial charge is 0.384 e. The molecule has 0 unspecified atom stereocenters. The van der Waals surface area contributed by atoms with Crippen molar-refractivity contribution in [2.45, 2.75) is 44.6 Å². The van der Waals surface area contributed by atoms with Crippen molar-refractivity contribution in [2.24, 2.45) is 0 Å². The maximum absolute atomic E-state index is 12.1. The van der Waals surface area contributed by atoms with Gasteiger partial charge in [0.1, 0.15) is 0 Å². The summed E-state index contributed by atoms with van der Waals surface area (Å²) in [4.78, 5) is 2.41. The standard InChI is InChI=1S/C24H32ClNO2/c1-3-13-24(27,21-9-5-19(4-2)6-10-21)23(18-26-14-16-28-17-15-26)20-7-11-22(25)12-8-20/h5-12,23,27H,3-4,13-18H2,1-2H3/t23-,24+/m1/s1. The Balaban J connectivity index is 2.00. The van der Waals surface area contributed by atoms with Gasteiger partial charge in [0.05, 0.1) is 18.8 Å². The lowest BCUT2D eigenvalue weighted by molar-refractivity contribution is -0.0285. The summed E-state index contributed by atoms with van der Waals surface area (Å²) in [5.41, 5.74) is 2.50. The van der Waals surface area contributed by atoms with Gasteiger partial charge in [-0.3, -0.25) is 4.90 Å². The van der Waals surface area contributed by atoms with Crippen molar-refractivity contribution < 1.29 is 9.84 Å². The quantitative estimate of drug-likeness (QED) is 0.675. The Bertz CT molecular complexity index is 725.